The molecule has 0 atom stereocenters. The van der Waals surface area contributed by atoms with E-state index in [9.17, 15) is 9.18 Å². The molecule has 1 aromatic carbocycles. The summed E-state index contributed by atoms with van der Waals surface area (Å²) >= 11 is 1.47. The molecule has 0 spiro atoms. The molecule has 4 aromatic rings. The van der Waals surface area contributed by atoms with E-state index < -0.39 is 5.82 Å². The maximum absolute atomic E-state index is 14.3. The van der Waals surface area contributed by atoms with Crippen LogP contribution in [0.2, 0.25) is 0 Å². The largest absolute Gasteiger partial charge is 0.453 e. The number of carbonyl (C=O) groups is 1. The Labute approximate surface area is 182 Å². The molecule has 3 aromatic heterocycles. The van der Waals surface area contributed by atoms with Gasteiger partial charge in [0.25, 0.3) is 0 Å². The zero-order chi connectivity index (χ0) is 21.5. The number of benzene rings is 1. The number of nitrogens with one attached hydrogen (secondary N) is 1. The molecule has 31 heavy (non-hydrogen) atoms. The van der Waals surface area contributed by atoms with Gasteiger partial charge >= 0.3 is 0 Å². The Morgan fingerprint density at radius 1 is 1.13 bits per heavy atom. The molecule has 0 saturated carbocycles. The standard InChI is InChI=1S/C23H17FN4O2S/c24-19-12-16(3-5-21(19)30-18-2-1-9-26-13-18)4-6-22(29)27-14-23-28-20(15-31-23)17-7-10-25-11-8-17/h1-13,15H,14H2,(H,27,29)/b6-4+. The monoisotopic (exact) mass is 432 g/mol. The Bertz CT molecular complexity index is 1200. The van der Waals surface area contributed by atoms with E-state index in [2.05, 4.69) is 20.3 Å². The highest BCUT2D eigenvalue weighted by molar-refractivity contribution is 7.09. The van der Waals surface area contributed by atoms with E-state index in [1.54, 1.807) is 36.8 Å². The first kappa shape index (κ1) is 20.4. The molecule has 154 valence electrons. The van der Waals surface area contributed by atoms with Crippen LogP contribution in [0.5, 0.6) is 11.5 Å². The number of pyridine rings is 2. The van der Waals surface area contributed by atoms with Crippen LogP contribution >= 0.6 is 11.3 Å². The second kappa shape index (κ2) is 9.73. The fraction of sp³-hybridized carbons (Fsp3) is 0.0435. The zero-order valence-corrected chi connectivity index (χ0v) is 17.1. The minimum absolute atomic E-state index is 0.0865. The molecule has 0 unspecified atom stereocenters. The van der Waals surface area contributed by atoms with Crippen molar-refractivity contribution < 1.29 is 13.9 Å². The lowest BCUT2D eigenvalue weighted by Crippen LogP contribution is -2.20. The number of thiazole rings is 1. The smallest absolute Gasteiger partial charge is 0.244 e. The summed E-state index contributed by atoms with van der Waals surface area (Å²) in [6.07, 6.45) is 9.42. The summed E-state index contributed by atoms with van der Waals surface area (Å²) in [6, 6.07) is 11.6. The van der Waals surface area contributed by atoms with E-state index in [1.807, 2.05) is 17.5 Å². The van der Waals surface area contributed by atoms with Crippen LogP contribution in [0.15, 0.2) is 78.7 Å². The van der Waals surface area contributed by atoms with Gasteiger partial charge < -0.3 is 10.1 Å². The third-order valence-electron chi connectivity index (χ3n) is 4.19. The van der Waals surface area contributed by atoms with Gasteiger partial charge in [-0.05, 0) is 48.0 Å². The number of halogens is 1. The molecule has 0 aliphatic rings. The van der Waals surface area contributed by atoms with Gasteiger partial charge in [0.1, 0.15) is 10.8 Å². The van der Waals surface area contributed by atoms with Crippen molar-refractivity contribution >= 4 is 23.3 Å². The molecule has 0 radical (unpaired) electrons. The fourth-order valence-corrected chi connectivity index (χ4v) is 3.42. The minimum atomic E-state index is -0.530. The average molecular weight is 432 g/mol. The number of carbonyl (C=O) groups excluding carboxylic acids is 1. The summed E-state index contributed by atoms with van der Waals surface area (Å²) in [5.74, 6) is -0.295. The van der Waals surface area contributed by atoms with Crippen molar-refractivity contribution in [2.75, 3.05) is 0 Å². The summed E-state index contributed by atoms with van der Waals surface area (Å²) in [6.45, 7) is 0.311. The van der Waals surface area contributed by atoms with Crippen LogP contribution in [0.3, 0.4) is 0 Å². The van der Waals surface area contributed by atoms with Crippen molar-refractivity contribution in [1.29, 1.82) is 0 Å². The van der Waals surface area contributed by atoms with Gasteiger partial charge in [0.15, 0.2) is 11.6 Å². The maximum Gasteiger partial charge on any atom is 0.244 e. The third-order valence-corrected chi connectivity index (χ3v) is 5.04. The number of amides is 1. The van der Waals surface area contributed by atoms with Crippen LogP contribution in [0.25, 0.3) is 17.3 Å². The molecule has 0 aliphatic heterocycles. The maximum atomic E-state index is 14.3. The average Bonchev–Trinajstić information content (AvgIpc) is 3.28. The molecule has 1 amide bonds. The van der Waals surface area contributed by atoms with E-state index in [-0.39, 0.29) is 11.7 Å². The number of hydrogen-bond donors (Lipinski definition) is 1. The van der Waals surface area contributed by atoms with Crippen molar-refractivity contribution in [3.8, 4) is 22.8 Å². The Balaban J connectivity index is 1.32. The predicted molar refractivity (Wildman–Crippen MR) is 117 cm³/mol. The SMILES string of the molecule is O=C(/C=C/c1ccc(Oc2cccnc2)c(F)c1)NCc1nc(-c2ccncc2)cs1. The quantitative estimate of drug-likeness (QED) is 0.422. The van der Waals surface area contributed by atoms with Crippen molar-refractivity contribution in [2.45, 2.75) is 6.54 Å². The first-order valence-electron chi connectivity index (χ1n) is 9.35. The molecule has 8 heteroatoms. The summed E-state index contributed by atoms with van der Waals surface area (Å²) in [7, 11) is 0. The number of rotatable bonds is 7. The molecule has 0 bridgehead atoms. The van der Waals surface area contributed by atoms with E-state index in [0.717, 1.165) is 16.3 Å². The molecule has 6 nitrogen and oxygen atoms in total. The van der Waals surface area contributed by atoms with Gasteiger partial charge in [-0.25, -0.2) is 9.37 Å². The first-order valence-corrected chi connectivity index (χ1v) is 10.2. The summed E-state index contributed by atoms with van der Waals surface area (Å²) in [4.78, 5) is 24.5. The van der Waals surface area contributed by atoms with Crippen LogP contribution in [0, 0.1) is 5.82 Å². The number of hydrogen-bond acceptors (Lipinski definition) is 6. The molecule has 4 rings (SSSR count). The highest BCUT2D eigenvalue weighted by Crippen LogP contribution is 2.25. The van der Waals surface area contributed by atoms with Gasteiger partial charge in [0.05, 0.1) is 18.4 Å². The Hall–Kier alpha value is -3.91. The normalized spacial score (nSPS) is 10.9. The van der Waals surface area contributed by atoms with Crippen LogP contribution in [0.1, 0.15) is 10.6 Å². The lowest BCUT2D eigenvalue weighted by atomic mass is 10.2. The predicted octanol–water partition coefficient (Wildman–Crippen LogP) is 4.86. The van der Waals surface area contributed by atoms with Gasteiger partial charge in [0, 0.05) is 35.6 Å². The fourth-order valence-electron chi connectivity index (χ4n) is 2.68. The van der Waals surface area contributed by atoms with Crippen molar-refractivity contribution in [1.82, 2.24) is 20.3 Å². The highest BCUT2D eigenvalue weighted by atomic mass is 32.1. The van der Waals surface area contributed by atoms with E-state index >= 15 is 0 Å². The van der Waals surface area contributed by atoms with E-state index in [1.165, 1.54) is 41.8 Å². The minimum Gasteiger partial charge on any atom is -0.453 e. The second-order valence-corrected chi connectivity index (χ2v) is 7.34. The summed E-state index contributed by atoms with van der Waals surface area (Å²) in [5, 5.41) is 5.50. The van der Waals surface area contributed by atoms with E-state index in [0.29, 0.717) is 17.9 Å². The van der Waals surface area contributed by atoms with Gasteiger partial charge in [-0.1, -0.05) is 6.07 Å². The van der Waals surface area contributed by atoms with Gasteiger partial charge in [-0.15, -0.1) is 11.3 Å². The second-order valence-electron chi connectivity index (χ2n) is 6.39. The Morgan fingerprint density at radius 2 is 2.00 bits per heavy atom. The zero-order valence-electron chi connectivity index (χ0n) is 16.2. The molecular formula is C23H17FN4O2S. The number of nitrogens with zero attached hydrogens (tertiary/aromatic N) is 3. The van der Waals surface area contributed by atoms with E-state index in [4.69, 9.17) is 4.74 Å². The van der Waals surface area contributed by atoms with Gasteiger partial charge in [0.2, 0.25) is 5.91 Å². The van der Waals surface area contributed by atoms with Crippen molar-refractivity contribution in [2.24, 2.45) is 0 Å². The molecule has 0 saturated heterocycles. The van der Waals surface area contributed by atoms with Gasteiger partial charge in [-0.3, -0.25) is 14.8 Å². The molecule has 0 aliphatic carbocycles. The van der Waals surface area contributed by atoms with Crippen LogP contribution in [-0.4, -0.2) is 20.9 Å². The Morgan fingerprint density at radius 3 is 2.77 bits per heavy atom. The highest BCUT2D eigenvalue weighted by Gasteiger charge is 2.07. The summed E-state index contributed by atoms with van der Waals surface area (Å²) in [5.41, 5.74) is 2.36. The Kier molecular flexibility index (Phi) is 6.39. The number of aromatic nitrogens is 3. The topological polar surface area (TPSA) is 77.0 Å². The lowest BCUT2D eigenvalue weighted by molar-refractivity contribution is -0.116. The summed E-state index contributed by atoms with van der Waals surface area (Å²) < 4.78 is 19.7. The lowest BCUT2D eigenvalue weighted by Gasteiger charge is -2.06. The van der Waals surface area contributed by atoms with Crippen LogP contribution < -0.4 is 10.1 Å². The number of ether oxygens (including phenoxy) is 1. The van der Waals surface area contributed by atoms with Crippen LogP contribution in [-0.2, 0) is 11.3 Å². The molecular weight excluding hydrogens is 415 g/mol. The van der Waals surface area contributed by atoms with Crippen molar-refractivity contribution in [3.63, 3.8) is 0 Å². The molecule has 0 fully saturated rings. The first-order chi connectivity index (χ1) is 15.2. The molecule has 1 N–H and O–H groups in total. The van der Waals surface area contributed by atoms with Crippen LogP contribution in [0.4, 0.5) is 4.39 Å². The molecule has 3 heterocycles. The van der Waals surface area contributed by atoms with Gasteiger partial charge in [-0.2, -0.15) is 0 Å². The van der Waals surface area contributed by atoms with Crippen molar-refractivity contribution in [3.05, 3.63) is 95.1 Å². The third kappa shape index (κ3) is 5.58.